The van der Waals surface area contributed by atoms with E-state index >= 15 is 0 Å². The fraction of sp³-hybridized carbons (Fsp3) is 0.250. The van der Waals surface area contributed by atoms with Gasteiger partial charge in [-0.25, -0.2) is 5.48 Å². The molecule has 9 heteroatoms. The summed E-state index contributed by atoms with van der Waals surface area (Å²) in [6.45, 7) is 0. The van der Waals surface area contributed by atoms with Gasteiger partial charge in [0.25, 0.3) is 0 Å². The number of hydrogen-bond acceptors (Lipinski definition) is 5. The Balaban J connectivity index is 2.30. The molecule has 1 aromatic carbocycles. The van der Waals surface area contributed by atoms with Crippen LogP contribution in [0.3, 0.4) is 0 Å². The summed E-state index contributed by atoms with van der Waals surface area (Å²) in [7, 11) is 0. The number of nitrogens with one attached hydrogen (secondary N) is 2. The number of nitrogens with zero attached hydrogens (tertiary/aromatic N) is 1. The van der Waals surface area contributed by atoms with Gasteiger partial charge >= 0.3 is 11.1 Å². The molecular weight excluding hydrogens is 362 g/mol. The standard InChI is InChI=1S/C12H10BrN3O4S/c13-5-1-7-10-8(2-5)21-4-6(3-9(17)15-20)16(10)12(19)11(18)14-7/h1-2,6,20H,3-4H2,(H,14,18)(H,15,17). The summed E-state index contributed by atoms with van der Waals surface area (Å²) < 4.78 is 2.15. The fourth-order valence-corrected chi connectivity index (χ4v) is 4.24. The minimum Gasteiger partial charge on any atom is -0.316 e. The van der Waals surface area contributed by atoms with Crippen molar-refractivity contribution in [1.29, 1.82) is 0 Å². The molecule has 0 radical (unpaired) electrons. The lowest BCUT2D eigenvalue weighted by atomic mass is 10.2. The summed E-state index contributed by atoms with van der Waals surface area (Å²) >= 11 is 4.86. The van der Waals surface area contributed by atoms with Gasteiger partial charge < -0.3 is 4.98 Å². The Labute approximate surface area is 130 Å². The van der Waals surface area contributed by atoms with E-state index in [-0.39, 0.29) is 6.42 Å². The lowest BCUT2D eigenvalue weighted by molar-refractivity contribution is -0.129. The normalized spacial score (nSPS) is 17.0. The third kappa shape index (κ3) is 2.41. The summed E-state index contributed by atoms with van der Waals surface area (Å²) in [5, 5.41) is 8.65. The van der Waals surface area contributed by atoms with Gasteiger partial charge in [0.05, 0.1) is 23.5 Å². The molecule has 1 aliphatic heterocycles. The molecule has 0 aliphatic carbocycles. The first kappa shape index (κ1) is 14.4. The molecular formula is C12H10BrN3O4S. The van der Waals surface area contributed by atoms with Crippen molar-refractivity contribution in [3.63, 3.8) is 0 Å². The number of hydrogen-bond donors (Lipinski definition) is 3. The number of carbonyl (C=O) groups excluding carboxylic acids is 1. The van der Waals surface area contributed by atoms with Gasteiger partial charge in [-0.1, -0.05) is 15.9 Å². The average molecular weight is 372 g/mol. The SMILES string of the molecule is O=C(CC1CSc2cc(Br)cc3[nH]c(=O)c(=O)n1c23)NO. The summed E-state index contributed by atoms with van der Waals surface area (Å²) in [6, 6.07) is 3.10. The second-order valence-electron chi connectivity index (χ2n) is 4.63. The van der Waals surface area contributed by atoms with Gasteiger partial charge in [0.2, 0.25) is 5.91 Å². The highest BCUT2D eigenvalue weighted by atomic mass is 79.9. The van der Waals surface area contributed by atoms with Gasteiger partial charge in [-0.15, -0.1) is 11.8 Å². The maximum Gasteiger partial charge on any atom is 0.317 e. The molecule has 21 heavy (non-hydrogen) atoms. The van der Waals surface area contributed by atoms with Crippen LogP contribution in [0.15, 0.2) is 31.1 Å². The van der Waals surface area contributed by atoms with Crippen molar-refractivity contribution in [1.82, 2.24) is 15.0 Å². The number of amides is 1. The lowest BCUT2D eigenvalue weighted by Gasteiger charge is -2.26. The predicted molar refractivity (Wildman–Crippen MR) is 80.8 cm³/mol. The topological polar surface area (TPSA) is 104 Å². The van der Waals surface area contributed by atoms with Gasteiger partial charge in [0, 0.05) is 15.1 Å². The molecule has 0 bridgehead atoms. The van der Waals surface area contributed by atoms with Crippen molar-refractivity contribution in [2.24, 2.45) is 0 Å². The second-order valence-corrected chi connectivity index (χ2v) is 6.61. The summed E-state index contributed by atoms with van der Waals surface area (Å²) in [5.41, 5.74) is 1.27. The predicted octanol–water partition coefficient (Wildman–Crippen LogP) is 0.995. The molecule has 2 heterocycles. The molecule has 0 saturated carbocycles. The van der Waals surface area contributed by atoms with Crippen molar-refractivity contribution < 1.29 is 10.0 Å². The molecule has 3 N–H and O–H groups in total. The fourth-order valence-electron chi connectivity index (χ4n) is 2.43. The van der Waals surface area contributed by atoms with Gasteiger partial charge in [0.1, 0.15) is 0 Å². The highest BCUT2D eigenvalue weighted by Crippen LogP contribution is 2.37. The first-order valence-electron chi connectivity index (χ1n) is 6.05. The zero-order chi connectivity index (χ0) is 15.1. The second kappa shape index (κ2) is 5.32. The Hall–Kier alpha value is -1.58. The van der Waals surface area contributed by atoms with E-state index in [1.165, 1.54) is 16.3 Å². The number of H-pyrrole nitrogens is 1. The Bertz CT molecular complexity index is 860. The van der Waals surface area contributed by atoms with Crippen LogP contribution in [0, 0.1) is 0 Å². The van der Waals surface area contributed by atoms with Crippen LogP contribution in [0.1, 0.15) is 12.5 Å². The Morgan fingerprint density at radius 3 is 3.00 bits per heavy atom. The summed E-state index contributed by atoms with van der Waals surface area (Å²) in [6.07, 6.45) is -0.0720. The first-order chi connectivity index (χ1) is 10.0. The molecule has 0 saturated heterocycles. The number of thioether (sulfide) groups is 1. The van der Waals surface area contributed by atoms with Crippen LogP contribution >= 0.6 is 27.7 Å². The molecule has 2 aromatic rings. The number of hydroxylamine groups is 1. The quantitative estimate of drug-likeness (QED) is 0.415. The number of aromatic amines is 1. The molecule has 110 valence electrons. The van der Waals surface area contributed by atoms with Crippen molar-refractivity contribution in [3.8, 4) is 0 Å². The smallest absolute Gasteiger partial charge is 0.316 e. The van der Waals surface area contributed by atoms with Crippen LogP contribution in [0.4, 0.5) is 0 Å². The largest absolute Gasteiger partial charge is 0.317 e. The molecule has 3 rings (SSSR count). The summed E-state index contributed by atoms with van der Waals surface area (Å²) in [5.74, 6) is -0.128. The molecule has 1 atom stereocenters. The maximum absolute atomic E-state index is 12.2. The number of rotatable bonds is 2. The highest BCUT2D eigenvalue weighted by molar-refractivity contribution is 9.10. The highest BCUT2D eigenvalue weighted by Gasteiger charge is 2.26. The van der Waals surface area contributed by atoms with Crippen molar-refractivity contribution in [2.45, 2.75) is 17.4 Å². The van der Waals surface area contributed by atoms with Gasteiger partial charge in [0.15, 0.2) is 0 Å². The number of carbonyl (C=O) groups is 1. The van der Waals surface area contributed by atoms with E-state index in [2.05, 4.69) is 20.9 Å². The third-order valence-electron chi connectivity index (χ3n) is 3.28. The Morgan fingerprint density at radius 2 is 2.29 bits per heavy atom. The Kier molecular flexibility index (Phi) is 3.64. The lowest BCUT2D eigenvalue weighted by Crippen LogP contribution is -2.41. The van der Waals surface area contributed by atoms with Crippen LogP contribution in [-0.4, -0.2) is 26.4 Å². The summed E-state index contributed by atoms with van der Waals surface area (Å²) in [4.78, 5) is 38.8. The van der Waals surface area contributed by atoms with E-state index in [0.717, 1.165) is 9.37 Å². The average Bonchev–Trinajstić information content (AvgIpc) is 2.45. The number of aromatic nitrogens is 2. The van der Waals surface area contributed by atoms with E-state index in [0.29, 0.717) is 16.8 Å². The molecule has 1 unspecified atom stereocenters. The Morgan fingerprint density at radius 1 is 1.52 bits per heavy atom. The van der Waals surface area contributed by atoms with E-state index in [4.69, 9.17) is 5.21 Å². The van der Waals surface area contributed by atoms with Crippen molar-refractivity contribution in [2.75, 3.05) is 5.75 Å². The van der Waals surface area contributed by atoms with E-state index < -0.39 is 23.1 Å². The van der Waals surface area contributed by atoms with E-state index in [9.17, 15) is 14.4 Å². The monoisotopic (exact) mass is 371 g/mol. The zero-order valence-electron chi connectivity index (χ0n) is 10.6. The van der Waals surface area contributed by atoms with Crippen LogP contribution in [-0.2, 0) is 4.79 Å². The number of benzene rings is 1. The molecule has 1 amide bonds. The minimum absolute atomic E-state index is 0.0720. The van der Waals surface area contributed by atoms with E-state index in [1.54, 1.807) is 11.5 Å². The zero-order valence-corrected chi connectivity index (χ0v) is 13.0. The molecule has 0 fully saturated rings. The third-order valence-corrected chi connectivity index (χ3v) is 4.92. The van der Waals surface area contributed by atoms with Crippen LogP contribution in [0.2, 0.25) is 0 Å². The van der Waals surface area contributed by atoms with Crippen molar-refractivity contribution in [3.05, 3.63) is 37.3 Å². The van der Waals surface area contributed by atoms with Gasteiger partial charge in [-0.3, -0.25) is 24.2 Å². The molecule has 7 nitrogen and oxygen atoms in total. The van der Waals surface area contributed by atoms with Gasteiger partial charge in [-0.05, 0) is 12.1 Å². The maximum atomic E-state index is 12.2. The molecule has 1 aromatic heterocycles. The van der Waals surface area contributed by atoms with Crippen LogP contribution in [0.5, 0.6) is 0 Å². The van der Waals surface area contributed by atoms with Crippen LogP contribution < -0.4 is 16.6 Å². The minimum atomic E-state index is -0.729. The van der Waals surface area contributed by atoms with Gasteiger partial charge in [-0.2, -0.15) is 0 Å². The molecule has 1 aliphatic rings. The van der Waals surface area contributed by atoms with Crippen molar-refractivity contribution >= 4 is 44.6 Å². The first-order valence-corrected chi connectivity index (χ1v) is 7.83. The molecule has 0 spiro atoms. The van der Waals surface area contributed by atoms with Crippen LogP contribution in [0.25, 0.3) is 11.0 Å². The van der Waals surface area contributed by atoms with E-state index in [1.807, 2.05) is 6.07 Å². The number of halogens is 1.